The molecule has 0 aromatic heterocycles. The van der Waals surface area contributed by atoms with Crippen LogP contribution in [-0.2, 0) is 6.61 Å². The standard InChI is InChI=1S/C25H27N3O2/c1-19(16-28-14-13-27-18-28)22-12-11-21(26)15-25(22)30-24-10-6-5-9-23(24)29-17-20-7-3-2-4-8-20/h2-12,15,18-19H,13-14,16-17,26H2,1H3. The molecule has 1 heterocycles. The lowest BCUT2D eigenvalue weighted by Gasteiger charge is -2.22. The van der Waals surface area contributed by atoms with Gasteiger partial charge in [-0.2, -0.15) is 0 Å². The second kappa shape index (κ2) is 9.35. The number of nitrogens with two attached hydrogens (primary N) is 1. The second-order valence-corrected chi connectivity index (χ2v) is 7.54. The van der Waals surface area contributed by atoms with Gasteiger partial charge in [0.15, 0.2) is 11.5 Å². The van der Waals surface area contributed by atoms with Gasteiger partial charge in [0.25, 0.3) is 0 Å². The minimum absolute atomic E-state index is 0.266. The number of anilines is 1. The normalized spacial score (nSPS) is 14.0. The highest BCUT2D eigenvalue weighted by molar-refractivity contribution is 5.58. The van der Waals surface area contributed by atoms with Crippen molar-refractivity contribution in [1.29, 1.82) is 0 Å². The van der Waals surface area contributed by atoms with Crippen LogP contribution < -0.4 is 15.2 Å². The molecule has 1 aliphatic rings. The van der Waals surface area contributed by atoms with Gasteiger partial charge < -0.3 is 20.1 Å². The second-order valence-electron chi connectivity index (χ2n) is 7.54. The summed E-state index contributed by atoms with van der Waals surface area (Å²) in [7, 11) is 0. The van der Waals surface area contributed by atoms with E-state index in [1.54, 1.807) is 0 Å². The van der Waals surface area contributed by atoms with Crippen molar-refractivity contribution in [3.63, 3.8) is 0 Å². The molecule has 0 amide bonds. The summed E-state index contributed by atoms with van der Waals surface area (Å²) in [6.07, 6.45) is 1.93. The first-order valence-electron chi connectivity index (χ1n) is 10.3. The van der Waals surface area contributed by atoms with Gasteiger partial charge in [-0.05, 0) is 29.3 Å². The van der Waals surface area contributed by atoms with Gasteiger partial charge in [0.05, 0.1) is 12.9 Å². The summed E-state index contributed by atoms with van der Waals surface area (Å²) in [4.78, 5) is 6.54. The highest BCUT2D eigenvalue weighted by Gasteiger charge is 2.18. The fourth-order valence-electron chi connectivity index (χ4n) is 3.56. The average molecular weight is 402 g/mol. The predicted molar refractivity (Wildman–Crippen MR) is 121 cm³/mol. The Morgan fingerprint density at radius 2 is 1.73 bits per heavy atom. The monoisotopic (exact) mass is 401 g/mol. The van der Waals surface area contributed by atoms with Crippen molar-refractivity contribution in [2.24, 2.45) is 4.99 Å². The first kappa shape index (κ1) is 19.8. The topological polar surface area (TPSA) is 60.1 Å². The van der Waals surface area contributed by atoms with Crippen LogP contribution in [0.2, 0.25) is 0 Å². The van der Waals surface area contributed by atoms with Crippen LogP contribution in [0.1, 0.15) is 24.0 Å². The Kier molecular flexibility index (Phi) is 6.18. The smallest absolute Gasteiger partial charge is 0.169 e. The maximum Gasteiger partial charge on any atom is 0.169 e. The minimum atomic E-state index is 0.266. The molecule has 0 fully saturated rings. The molecule has 30 heavy (non-hydrogen) atoms. The van der Waals surface area contributed by atoms with Crippen molar-refractivity contribution in [3.05, 3.63) is 83.9 Å². The molecule has 4 rings (SSSR count). The van der Waals surface area contributed by atoms with Gasteiger partial charge in [-0.15, -0.1) is 0 Å². The summed E-state index contributed by atoms with van der Waals surface area (Å²) >= 11 is 0. The zero-order chi connectivity index (χ0) is 20.8. The highest BCUT2D eigenvalue weighted by atomic mass is 16.5. The van der Waals surface area contributed by atoms with E-state index < -0.39 is 0 Å². The van der Waals surface area contributed by atoms with Crippen molar-refractivity contribution in [2.75, 3.05) is 25.4 Å². The number of ether oxygens (including phenoxy) is 2. The Hall–Kier alpha value is -3.47. The average Bonchev–Trinajstić information content (AvgIpc) is 3.27. The molecular weight excluding hydrogens is 374 g/mol. The van der Waals surface area contributed by atoms with E-state index >= 15 is 0 Å². The van der Waals surface area contributed by atoms with Gasteiger partial charge in [-0.25, -0.2) is 0 Å². The number of aliphatic imine (C=N–C) groups is 1. The Balaban J connectivity index is 1.53. The lowest BCUT2D eigenvalue weighted by Crippen LogP contribution is -2.24. The van der Waals surface area contributed by atoms with Crippen LogP contribution in [0.5, 0.6) is 17.2 Å². The van der Waals surface area contributed by atoms with Gasteiger partial charge in [-0.1, -0.05) is 55.5 Å². The number of hydrogen-bond donors (Lipinski definition) is 1. The number of nitrogen functional groups attached to an aromatic ring is 1. The molecular formula is C25H27N3O2. The fraction of sp³-hybridized carbons (Fsp3) is 0.240. The van der Waals surface area contributed by atoms with E-state index in [9.17, 15) is 0 Å². The quantitative estimate of drug-likeness (QED) is 0.534. The van der Waals surface area contributed by atoms with Gasteiger partial charge in [0.2, 0.25) is 0 Å². The third-order valence-electron chi connectivity index (χ3n) is 5.14. The molecule has 1 unspecified atom stereocenters. The van der Waals surface area contributed by atoms with Gasteiger partial charge >= 0.3 is 0 Å². The molecule has 3 aromatic carbocycles. The molecule has 2 N–H and O–H groups in total. The number of benzene rings is 3. The third kappa shape index (κ3) is 4.92. The van der Waals surface area contributed by atoms with Crippen LogP contribution in [0.25, 0.3) is 0 Å². The van der Waals surface area contributed by atoms with E-state index in [1.165, 1.54) is 0 Å². The molecule has 0 bridgehead atoms. The minimum Gasteiger partial charge on any atom is -0.485 e. The van der Waals surface area contributed by atoms with Crippen LogP contribution in [0, 0.1) is 0 Å². The van der Waals surface area contributed by atoms with Crippen molar-refractivity contribution >= 4 is 12.0 Å². The largest absolute Gasteiger partial charge is 0.485 e. The molecule has 1 atom stereocenters. The van der Waals surface area contributed by atoms with Gasteiger partial charge in [-0.3, -0.25) is 4.99 Å². The first-order chi connectivity index (χ1) is 14.7. The number of para-hydroxylation sites is 2. The summed E-state index contributed by atoms with van der Waals surface area (Å²) in [5.41, 5.74) is 8.97. The maximum absolute atomic E-state index is 6.34. The Morgan fingerprint density at radius 3 is 2.50 bits per heavy atom. The molecule has 0 radical (unpaired) electrons. The summed E-state index contributed by atoms with van der Waals surface area (Å²) in [6, 6.07) is 23.7. The fourth-order valence-corrected chi connectivity index (χ4v) is 3.56. The van der Waals surface area contributed by atoms with E-state index in [4.69, 9.17) is 15.2 Å². The van der Waals surface area contributed by atoms with Crippen LogP contribution in [0.4, 0.5) is 5.69 Å². The molecule has 5 heteroatoms. The summed E-state index contributed by atoms with van der Waals surface area (Å²) in [5.74, 6) is 2.40. The number of hydrogen-bond acceptors (Lipinski definition) is 5. The van der Waals surface area contributed by atoms with E-state index in [0.29, 0.717) is 23.8 Å². The predicted octanol–water partition coefficient (Wildman–Crippen LogP) is 5.09. The Bertz CT molecular complexity index is 1000. The van der Waals surface area contributed by atoms with Crippen LogP contribution in [-0.4, -0.2) is 30.9 Å². The zero-order valence-electron chi connectivity index (χ0n) is 17.2. The van der Waals surface area contributed by atoms with Crippen LogP contribution in [0.15, 0.2) is 77.8 Å². The van der Waals surface area contributed by atoms with E-state index in [1.807, 2.05) is 73.1 Å². The van der Waals surface area contributed by atoms with E-state index in [2.05, 4.69) is 22.9 Å². The zero-order valence-corrected chi connectivity index (χ0v) is 17.2. The Morgan fingerprint density at radius 1 is 0.967 bits per heavy atom. The molecule has 0 saturated heterocycles. The first-order valence-corrected chi connectivity index (χ1v) is 10.3. The summed E-state index contributed by atoms with van der Waals surface area (Å²) < 4.78 is 12.4. The van der Waals surface area contributed by atoms with Gasteiger partial charge in [0, 0.05) is 30.8 Å². The van der Waals surface area contributed by atoms with E-state index in [-0.39, 0.29) is 5.92 Å². The molecule has 3 aromatic rings. The summed E-state index contributed by atoms with van der Waals surface area (Å²) in [5, 5.41) is 0. The molecule has 1 aliphatic heterocycles. The van der Waals surface area contributed by atoms with Crippen LogP contribution in [0.3, 0.4) is 0 Å². The molecule has 0 saturated carbocycles. The molecule has 0 aliphatic carbocycles. The Labute approximate surface area is 177 Å². The summed E-state index contributed by atoms with van der Waals surface area (Å²) in [6.45, 7) is 5.39. The highest BCUT2D eigenvalue weighted by Crippen LogP contribution is 2.37. The number of nitrogens with zero attached hydrogens (tertiary/aromatic N) is 2. The molecule has 5 nitrogen and oxygen atoms in total. The van der Waals surface area contributed by atoms with Crippen molar-refractivity contribution in [2.45, 2.75) is 19.4 Å². The van der Waals surface area contributed by atoms with Gasteiger partial charge in [0.1, 0.15) is 12.4 Å². The lowest BCUT2D eigenvalue weighted by molar-refractivity contribution is 0.291. The third-order valence-corrected chi connectivity index (χ3v) is 5.14. The van der Waals surface area contributed by atoms with Crippen LogP contribution >= 0.6 is 0 Å². The SMILES string of the molecule is CC(CN1C=NCC1)c1ccc(N)cc1Oc1ccccc1OCc1ccccc1. The van der Waals surface area contributed by atoms with Crippen molar-refractivity contribution < 1.29 is 9.47 Å². The molecule has 154 valence electrons. The van der Waals surface area contributed by atoms with E-state index in [0.717, 1.165) is 36.5 Å². The molecule has 0 spiro atoms. The number of rotatable bonds is 8. The van der Waals surface area contributed by atoms with Crippen molar-refractivity contribution in [3.8, 4) is 17.2 Å². The van der Waals surface area contributed by atoms with Crippen molar-refractivity contribution in [1.82, 2.24) is 4.90 Å². The maximum atomic E-state index is 6.34. The lowest BCUT2D eigenvalue weighted by atomic mass is 9.99.